The van der Waals surface area contributed by atoms with E-state index in [1.165, 1.54) is 25.7 Å². The Morgan fingerprint density at radius 1 is 1.23 bits per heavy atom. The smallest absolute Gasteiger partial charge is 0.223 e. The molecule has 2 saturated carbocycles. The largest absolute Gasteiger partial charge is 0.353 e. The molecule has 0 aliphatic heterocycles. The highest BCUT2D eigenvalue weighted by molar-refractivity contribution is 5.79. The zero-order valence-corrected chi connectivity index (χ0v) is 8.38. The molecule has 0 aromatic heterocycles. The van der Waals surface area contributed by atoms with Gasteiger partial charge in [0.25, 0.3) is 0 Å². The van der Waals surface area contributed by atoms with Crippen molar-refractivity contribution in [1.82, 2.24) is 5.32 Å². The Labute approximate surface area is 80.1 Å². The third kappa shape index (κ3) is 2.04. The minimum Gasteiger partial charge on any atom is -0.353 e. The van der Waals surface area contributed by atoms with Crippen molar-refractivity contribution in [2.45, 2.75) is 51.5 Å². The fourth-order valence-electron chi connectivity index (χ4n) is 2.53. The Kier molecular flexibility index (Phi) is 2.56. The molecule has 1 N–H and O–H groups in total. The van der Waals surface area contributed by atoms with Crippen LogP contribution in [0.25, 0.3) is 0 Å². The van der Waals surface area contributed by atoms with Crippen LogP contribution in [0.4, 0.5) is 0 Å². The van der Waals surface area contributed by atoms with Gasteiger partial charge in [0.1, 0.15) is 0 Å². The lowest BCUT2D eigenvalue weighted by atomic mass is 9.81. The van der Waals surface area contributed by atoms with Crippen molar-refractivity contribution in [2.75, 3.05) is 0 Å². The minimum atomic E-state index is 0.328. The van der Waals surface area contributed by atoms with Gasteiger partial charge in [0.05, 0.1) is 0 Å². The molecule has 0 radical (unpaired) electrons. The predicted octanol–water partition coefficient (Wildman–Crippen LogP) is 2.09. The molecule has 0 unspecified atom stereocenters. The number of carbonyl (C=O) groups excluding carboxylic acids is 1. The Hall–Kier alpha value is -0.530. The van der Waals surface area contributed by atoms with Gasteiger partial charge in [-0.1, -0.05) is 19.8 Å². The number of amides is 1. The molecule has 0 aromatic rings. The maximum absolute atomic E-state index is 11.6. The summed E-state index contributed by atoms with van der Waals surface area (Å²) in [5.41, 5.74) is 0. The Bertz CT molecular complexity index is 190. The van der Waals surface area contributed by atoms with E-state index in [2.05, 4.69) is 12.2 Å². The molecule has 0 saturated heterocycles. The highest BCUT2D eigenvalue weighted by Crippen LogP contribution is 2.29. The first-order valence-electron chi connectivity index (χ1n) is 5.56. The van der Waals surface area contributed by atoms with Crippen LogP contribution in [0.2, 0.25) is 0 Å². The lowest BCUT2D eigenvalue weighted by molar-refractivity contribution is -0.126. The van der Waals surface area contributed by atoms with Crippen molar-refractivity contribution in [2.24, 2.45) is 11.8 Å². The summed E-state index contributed by atoms with van der Waals surface area (Å²) in [6.45, 7) is 2.25. The topological polar surface area (TPSA) is 29.1 Å². The van der Waals surface area contributed by atoms with Gasteiger partial charge in [-0.2, -0.15) is 0 Å². The Morgan fingerprint density at radius 2 is 1.85 bits per heavy atom. The lowest BCUT2D eigenvalue weighted by Crippen LogP contribution is -2.45. The molecule has 2 heteroatoms. The molecule has 2 aliphatic rings. The quantitative estimate of drug-likeness (QED) is 0.694. The van der Waals surface area contributed by atoms with E-state index >= 15 is 0 Å². The van der Waals surface area contributed by atoms with E-state index in [0.717, 1.165) is 18.8 Å². The number of carbonyl (C=O) groups is 1. The van der Waals surface area contributed by atoms with Crippen LogP contribution in [-0.2, 0) is 4.79 Å². The second kappa shape index (κ2) is 3.69. The molecule has 2 fully saturated rings. The van der Waals surface area contributed by atoms with Crippen molar-refractivity contribution in [3.8, 4) is 0 Å². The fourth-order valence-corrected chi connectivity index (χ4v) is 2.53. The first-order valence-corrected chi connectivity index (χ1v) is 5.56. The van der Waals surface area contributed by atoms with Crippen LogP contribution in [0, 0.1) is 11.8 Å². The van der Waals surface area contributed by atoms with E-state index in [9.17, 15) is 4.79 Å². The Balaban J connectivity index is 1.72. The summed E-state index contributed by atoms with van der Waals surface area (Å²) in [6, 6.07) is 0.503. The molecule has 74 valence electrons. The molecule has 0 heterocycles. The van der Waals surface area contributed by atoms with Gasteiger partial charge in [0.15, 0.2) is 0 Å². The molecule has 0 aromatic carbocycles. The first-order chi connectivity index (χ1) is 6.25. The monoisotopic (exact) mass is 181 g/mol. The summed E-state index contributed by atoms with van der Waals surface area (Å²) >= 11 is 0. The molecule has 2 rings (SSSR count). The van der Waals surface area contributed by atoms with Gasteiger partial charge in [-0.15, -0.1) is 0 Å². The van der Waals surface area contributed by atoms with Crippen LogP contribution in [0.1, 0.15) is 45.4 Å². The highest BCUT2D eigenvalue weighted by atomic mass is 16.1. The van der Waals surface area contributed by atoms with Crippen molar-refractivity contribution < 1.29 is 4.79 Å². The normalized spacial score (nSPS) is 34.2. The van der Waals surface area contributed by atoms with E-state index in [1.54, 1.807) is 0 Å². The maximum Gasteiger partial charge on any atom is 0.223 e. The fraction of sp³-hybridized carbons (Fsp3) is 0.909. The van der Waals surface area contributed by atoms with E-state index < -0.39 is 0 Å². The van der Waals surface area contributed by atoms with Crippen LogP contribution in [0.15, 0.2) is 0 Å². The summed E-state index contributed by atoms with van der Waals surface area (Å²) in [4.78, 5) is 11.6. The predicted molar refractivity (Wildman–Crippen MR) is 52.3 cm³/mol. The van der Waals surface area contributed by atoms with Gasteiger partial charge < -0.3 is 5.32 Å². The zero-order valence-electron chi connectivity index (χ0n) is 8.38. The lowest BCUT2D eigenvalue weighted by Gasteiger charge is -2.34. The van der Waals surface area contributed by atoms with Gasteiger partial charge >= 0.3 is 0 Å². The SMILES string of the molecule is CC1CC(NC(=O)C2CCCC2)C1. The van der Waals surface area contributed by atoms with Crippen molar-refractivity contribution >= 4 is 5.91 Å². The standard InChI is InChI=1S/C11H19NO/c1-8-6-10(7-8)12-11(13)9-4-2-3-5-9/h8-10H,2-7H2,1H3,(H,12,13). The summed E-state index contributed by atoms with van der Waals surface area (Å²) in [7, 11) is 0. The molecular formula is C11H19NO. The molecule has 2 aliphatic carbocycles. The average molecular weight is 181 g/mol. The second-order valence-electron chi connectivity index (χ2n) is 4.76. The first kappa shape index (κ1) is 9.04. The highest BCUT2D eigenvalue weighted by Gasteiger charge is 2.30. The van der Waals surface area contributed by atoms with E-state index in [0.29, 0.717) is 17.9 Å². The van der Waals surface area contributed by atoms with Crippen LogP contribution in [0.3, 0.4) is 0 Å². The molecule has 0 atom stereocenters. The van der Waals surface area contributed by atoms with E-state index in [-0.39, 0.29) is 0 Å². The zero-order chi connectivity index (χ0) is 9.26. The van der Waals surface area contributed by atoms with E-state index in [4.69, 9.17) is 0 Å². The molecule has 13 heavy (non-hydrogen) atoms. The molecule has 2 nitrogen and oxygen atoms in total. The van der Waals surface area contributed by atoms with Crippen molar-refractivity contribution in [3.05, 3.63) is 0 Å². The van der Waals surface area contributed by atoms with Gasteiger partial charge in [-0.3, -0.25) is 4.79 Å². The number of hydrogen-bond acceptors (Lipinski definition) is 1. The third-order valence-electron chi connectivity index (χ3n) is 3.45. The molecule has 0 spiro atoms. The molecule has 0 bridgehead atoms. The molecule has 1 amide bonds. The van der Waals surface area contributed by atoms with Gasteiger partial charge in [-0.25, -0.2) is 0 Å². The Morgan fingerprint density at radius 3 is 2.38 bits per heavy atom. The van der Waals surface area contributed by atoms with Gasteiger partial charge in [0, 0.05) is 12.0 Å². The number of rotatable bonds is 2. The third-order valence-corrected chi connectivity index (χ3v) is 3.45. The summed E-state index contributed by atoms with van der Waals surface area (Å²) in [6.07, 6.45) is 7.12. The summed E-state index contributed by atoms with van der Waals surface area (Å²) in [5.74, 6) is 1.50. The number of hydrogen-bond donors (Lipinski definition) is 1. The van der Waals surface area contributed by atoms with Gasteiger partial charge in [0.2, 0.25) is 5.91 Å². The van der Waals surface area contributed by atoms with Crippen LogP contribution in [0.5, 0.6) is 0 Å². The summed E-state index contributed by atoms with van der Waals surface area (Å²) < 4.78 is 0. The van der Waals surface area contributed by atoms with Crippen LogP contribution < -0.4 is 5.32 Å². The minimum absolute atomic E-state index is 0.328. The van der Waals surface area contributed by atoms with Crippen LogP contribution in [-0.4, -0.2) is 11.9 Å². The summed E-state index contributed by atoms with van der Waals surface area (Å²) in [5, 5.41) is 3.15. The van der Waals surface area contributed by atoms with Gasteiger partial charge in [-0.05, 0) is 31.6 Å². The number of nitrogens with one attached hydrogen (secondary N) is 1. The maximum atomic E-state index is 11.6. The second-order valence-corrected chi connectivity index (χ2v) is 4.76. The van der Waals surface area contributed by atoms with E-state index in [1.807, 2.05) is 0 Å². The molecular weight excluding hydrogens is 162 g/mol. The van der Waals surface area contributed by atoms with Crippen LogP contribution >= 0.6 is 0 Å². The average Bonchev–Trinajstić information content (AvgIpc) is 2.53. The van der Waals surface area contributed by atoms with Crippen molar-refractivity contribution in [3.63, 3.8) is 0 Å². The van der Waals surface area contributed by atoms with Crippen molar-refractivity contribution in [1.29, 1.82) is 0 Å².